The molecular formula is C24H23MnO5P-4. The first kappa shape index (κ1) is 35.4. The largest absolute Gasteiger partial charge is 0.545 e. The van der Waals surface area contributed by atoms with Crippen molar-refractivity contribution in [1.82, 2.24) is 0 Å². The van der Waals surface area contributed by atoms with Gasteiger partial charge in [-0.25, -0.2) is 0 Å². The molecule has 5 nitrogen and oxygen atoms in total. The van der Waals surface area contributed by atoms with Crippen LogP contribution >= 0.6 is 7.92 Å². The van der Waals surface area contributed by atoms with E-state index in [1.165, 1.54) is 29.1 Å². The Bertz CT molecular complexity index is 644. The Morgan fingerprint density at radius 2 is 0.677 bits per heavy atom. The fourth-order valence-corrected chi connectivity index (χ4v) is 4.89. The quantitative estimate of drug-likeness (QED) is 0.250. The number of carbonyl (C=O) groups excluding carboxylic acids is 5. The van der Waals surface area contributed by atoms with E-state index in [4.69, 9.17) is 24.0 Å². The Hall–Kier alpha value is -3.04. The van der Waals surface area contributed by atoms with Gasteiger partial charge < -0.3 is 24.0 Å². The second-order valence-corrected chi connectivity index (χ2v) is 7.16. The third kappa shape index (κ3) is 15.5. The minimum Gasteiger partial charge on any atom is -0.545 e. The fourth-order valence-electron chi connectivity index (χ4n) is 2.31. The van der Waals surface area contributed by atoms with Crippen molar-refractivity contribution >= 4 is 57.3 Å². The Kier molecular flexibility index (Phi) is 33.3. The van der Waals surface area contributed by atoms with Gasteiger partial charge in [0.25, 0.3) is 0 Å². The number of rotatable bonds is 3. The maximum Gasteiger partial charge on any atom is 0.102 e. The molecule has 0 aromatic heterocycles. The summed E-state index contributed by atoms with van der Waals surface area (Å²) in [6.07, 6.45) is 1.50. The Balaban J connectivity index is -0.000000265. The van der Waals surface area contributed by atoms with Gasteiger partial charge in [-0.1, -0.05) is 54.6 Å². The molecule has 31 heavy (non-hydrogen) atoms. The SMILES string of the molecule is C[C-]=O.[CH-]=O.[CH-]=O.[CH-]=O.[CH-]=O.[Mn].c1ccc([PH+](c2ccccc2)c2ccccc2)cc1. The Morgan fingerprint density at radius 3 is 0.839 bits per heavy atom. The predicted octanol–water partition coefficient (Wildman–Crippen LogP) is 2.19. The molecule has 0 spiro atoms. The van der Waals surface area contributed by atoms with Crippen LogP contribution in [-0.2, 0) is 41.0 Å². The van der Waals surface area contributed by atoms with Gasteiger partial charge >= 0.3 is 0 Å². The van der Waals surface area contributed by atoms with Gasteiger partial charge in [-0.05, 0) is 36.4 Å². The van der Waals surface area contributed by atoms with Crippen molar-refractivity contribution in [3.05, 3.63) is 91.0 Å². The Morgan fingerprint density at radius 1 is 0.516 bits per heavy atom. The molecule has 3 aromatic rings. The summed E-state index contributed by atoms with van der Waals surface area (Å²) < 4.78 is 0. The molecule has 165 valence electrons. The molecule has 0 heterocycles. The van der Waals surface area contributed by atoms with Crippen LogP contribution in [0.25, 0.3) is 0 Å². The number of hydrogen-bond acceptors (Lipinski definition) is 5. The van der Waals surface area contributed by atoms with E-state index in [2.05, 4.69) is 118 Å². The standard InChI is InChI=1S/C18H15P.C2H3O.4CHO.Mn/c1-4-10-16(11-5-1)19(17-12-6-2-7-13-17)18-14-8-3-9-15-18;1-2-3;4*1-2;/h1-15H;1H3;4*1H;/q;5*-1;/p+1. The van der Waals surface area contributed by atoms with Crippen molar-refractivity contribution in [2.75, 3.05) is 0 Å². The van der Waals surface area contributed by atoms with E-state index in [-0.39, 0.29) is 17.1 Å². The van der Waals surface area contributed by atoms with Gasteiger partial charge in [0.15, 0.2) is 0 Å². The minimum atomic E-state index is -0.877. The predicted molar refractivity (Wildman–Crippen MR) is 125 cm³/mol. The van der Waals surface area contributed by atoms with E-state index in [0.29, 0.717) is 0 Å². The molecule has 3 rings (SSSR count). The Labute approximate surface area is 196 Å². The number of hydrogen-bond donors (Lipinski definition) is 0. The monoisotopic (exact) mass is 477 g/mol. The first-order chi connectivity index (χ1) is 14.9. The maximum atomic E-state index is 8.68. The van der Waals surface area contributed by atoms with Crippen molar-refractivity contribution in [3.63, 3.8) is 0 Å². The van der Waals surface area contributed by atoms with E-state index in [1.54, 1.807) is 0 Å². The smallest absolute Gasteiger partial charge is 0.102 e. The van der Waals surface area contributed by atoms with Crippen molar-refractivity contribution < 1.29 is 41.0 Å². The van der Waals surface area contributed by atoms with Crippen LogP contribution in [0.15, 0.2) is 91.0 Å². The molecular weight excluding hydrogens is 454 g/mol. The molecule has 0 atom stereocenters. The van der Waals surface area contributed by atoms with Crippen molar-refractivity contribution in [2.24, 2.45) is 0 Å². The summed E-state index contributed by atoms with van der Waals surface area (Å²) in [7, 11) is -0.877. The van der Waals surface area contributed by atoms with Gasteiger partial charge in [0.1, 0.15) is 15.9 Å². The van der Waals surface area contributed by atoms with Crippen LogP contribution in [-0.4, -0.2) is 33.4 Å². The summed E-state index contributed by atoms with van der Waals surface area (Å²) >= 11 is 0. The van der Waals surface area contributed by atoms with E-state index < -0.39 is 7.92 Å². The van der Waals surface area contributed by atoms with Crippen LogP contribution in [0, 0.1) is 0 Å². The summed E-state index contributed by atoms with van der Waals surface area (Å²) in [5, 5.41) is 4.31. The second kappa shape index (κ2) is 29.2. The van der Waals surface area contributed by atoms with E-state index in [1.807, 2.05) is 0 Å². The molecule has 0 unspecified atom stereocenters. The molecule has 0 saturated carbocycles. The summed E-state index contributed by atoms with van der Waals surface area (Å²) in [4.78, 5) is 39.7. The third-order valence-electron chi connectivity index (χ3n) is 3.19. The van der Waals surface area contributed by atoms with Crippen LogP contribution in [0.1, 0.15) is 6.92 Å². The molecule has 1 radical (unpaired) electrons. The zero-order valence-corrected chi connectivity index (χ0v) is 19.1. The molecule has 0 saturated heterocycles. The number of benzene rings is 3. The maximum absolute atomic E-state index is 8.68. The van der Waals surface area contributed by atoms with E-state index in [0.717, 1.165) is 0 Å². The van der Waals surface area contributed by atoms with Crippen LogP contribution < -0.4 is 15.9 Å². The van der Waals surface area contributed by atoms with Gasteiger partial charge in [-0.2, -0.15) is 6.92 Å². The molecule has 0 aliphatic carbocycles. The van der Waals surface area contributed by atoms with Gasteiger partial charge in [-0.15, -0.1) is 0 Å². The summed E-state index contributed by atoms with van der Waals surface area (Å²) in [5.41, 5.74) is 0. The average Bonchev–Trinajstić information content (AvgIpc) is 2.87. The molecule has 0 N–H and O–H groups in total. The molecule has 0 fully saturated rings. The van der Waals surface area contributed by atoms with Crippen molar-refractivity contribution in [2.45, 2.75) is 6.92 Å². The zero-order valence-electron chi connectivity index (χ0n) is 16.9. The molecule has 0 aliphatic rings. The van der Waals surface area contributed by atoms with Gasteiger partial charge in [0.05, 0.1) is 7.92 Å². The zero-order chi connectivity index (χ0) is 23.6. The van der Waals surface area contributed by atoms with Crippen LogP contribution in [0.3, 0.4) is 0 Å². The van der Waals surface area contributed by atoms with Gasteiger partial charge in [0.2, 0.25) is 0 Å². The molecule has 0 aliphatic heterocycles. The van der Waals surface area contributed by atoms with Crippen molar-refractivity contribution in [1.29, 1.82) is 0 Å². The van der Waals surface area contributed by atoms with Crippen LogP contribution in [0.4, 0.5) is 0 Å². The first-order valence-electron chi connectivity index (χ1n) is 8.13. The first-order valence-corrected chi connectivity index (χ1v) is 9.63. The van der Waals surface area contributed by atoms with Crippen LogP contribution in [0.2, 0.25) is 0 Å². The van der Waals surface area contributed by atoms with Crippen LogP contribution in [0.5, 0.6) is 0 Å². The van der Waals surface area contributed by atoms with Gasteiger partial charge in [0, 0.05) is 17.1 Å². The normalized spacial score (nSPS) is 7.42. The third-order valence-corrected chi connectivity index (χ3v) is 5.92. The molecule has 7 heteroatoms. The molecule has 0 amide bonds. The molecule has 0 bridgehead atoms. The van der Waals surface area contributed by atoms with E-state index >= 15 is 0 Å². The summed E-state index contributed by atoms with van der Waals surface area (Å²) in [5.74, 6) is 0. The minimum absolute atomic E-state index is 0. The van der Waals surface area contributed by atoms with Gasteiger partial charge in [-0.3, -0.25) is 33.4 Å². The summed E-state index contributed by atoms with van der Waals surface area (Å²) in [6.45, 7) is 14.3. The van der Waals surface area contributed by atoms with Crippen molar-refractivity contribution in [3.8, 4) is 0 Å². The average molecular weight is 477 g/mol. The molecule has 3 aromatic carbocycles. The topological polar surface area (TPSA) is 85.3 Å². The van der Waals surface area contributed by atoms with E-state index in [9.17, 15) is 0 Å². The fraction of sp³-hybridized carbons (Fsp3) is 0.0417. The second-order valence-electron chi connectivity index (χ2n) is 4.68. The summed E-state index contributed by atoms with van der Waals surface area (Å²) in [6, 6.07) is 32.5.